The molecule has 134 valence electrons. The van der Waals surface area contributed by atoms with Crippen LogP contribution in [-0.2, 0) is 0 Å². The van der Waals surface area contributed by atoms with Crippen LogP contribution in [0.5, 0.6) is 0 Å². The number of rotatable bonds is 6. The molecule has 0 spiro atoms. The van der Waals surface area contributed by atoms with E-state index in [4.69, 9.17) is 11.6 Å². The second kappa shape index (κ2) is 8.15. The highest BCUT2D eigenvalue weighted by atomic mass is 35.5. The van der Waals surface area contributed by atoms with E-state index in [0.29, 0.717) is 16.8 Å². The van der Waals surface area contributed by atoms with Gasteiger partial charge in [-0.05, 0) is 50.1 Å². The van der Waals surface area contributed by atoms with Crippen LogP contribution in [-0.4, -0.2) is 21.0 Å². The highest BCUT2D eigenvalue weighted by Crippen LogP contribution is 2.26. The fraction of sp³-hybridized carbons (Fsp3) is 0.250. The van der Waals surface area contributed by atoms with Crippen LogP contribution in [0, 0.1) is 6.92 Å². The Bertz CT molecular complexity index is 883. The Morgan fingerprint density at radius 2 is 2.00 bits per heavy atom. The van der Waals surface area contributed by atoms with Crippen LogP contribution in [0.4, 0.5) is 17.5 Å². The van der Waals surface area contributed by atoms with Crippen LogP contribution in [0.2, 0.25) is 5.02 Å². The molecule has 0 saturated carbocycles. The molecule has 2 N–H and O–H groups in total. The molecule has 0 bridgehead atoms. The third-order valence-electron chi connectivity index (χ3n) is 4.13. The highest BCUT2D eigenvalue weighted by Gasteiger charge is 2.10. The van der Waals surface area contributed by atoms with Crippen molar-refractivity contribution in [3.05, 3.63) is 59.4 Å². The second-order valence-electron chi connectivity index (χ2n) is 6.24. The van der Waals surface area contributed by atoms with Crippen molar-refractivity contribution in [3.63, 3.8) is 0 Å². The van der Waals surface area contributed by atoms with Crippen LogP contribution in [0.3, 0.4) is 0 Å². The van der Waals surface area contributed by atoms with E-state index in [0.717, 1.165) is 28.9 Å². The first kappa shape index (κ1) is 18.1. The molecule has 0 aliphatic heterocycles. The lowest BCUT2D eigenvalue weighted by atomic mass is 10.2. The number of nitrogens with zero attached hydrogens (tertiary/aromatic N) is 3. The molecule has 3 rings (SSSR count). The van der Waals surface area contributed by atoms with Gasteiger partial charge < -0.3 is 10.6 Å². The normalized spacial score (nSPS) is 11.8. The van der Waals surface area contributed by atoms with E-state index in [9.17, 15) is 0 Å². The molecular weight excluding hydrogens is 346 g/mol. The van der Waals surface area contributed by atoms with Crippen LogP contribution in [0.15, 0.2) is 48.8 Å². The fourth-order valence-corrected chi connectivity index (χ4v) is 2.60. The Morgan fingerprint density at radius 3 is 2.73 bits per heavy atom. The number of anilines is 3. The van der Waals surface area contributed by atoms with Gasteiger partial charge >= 0.3 is 0 Å². The maximum atomic E-state index is 6.14. The Hall–Kier alpha value is -2.66. The molecule has 1 atom stereocenters. The maximum Gasteiger partial charge on any atom is 0.225 e. The second-order valence-corrected chi connectivity index (χ2v) is 6.68. The molecule has 6 heteroatoms. The van der Waals surface area contributed by atoms with Gasteiger partial charge in [0.2, 0.25) is 5.95 Å². The predicted octanol–water partition coefficient (Wildman–Crippen LogP) is 5.45. The third-order valence-corrected chi connectivity index (χ3v) is 4.37. The van der Waals surface area contributed by atoms with Gasteiger partial charge in [-0.2, -0.15) is 4.98 Å². The molecule has 3 aromatic rings. The van der Waals surface area contributed by atoms with Gasteiger partial charge in [0.15, 0.2) is 0 Å². The van der Waals surface area contributed by atoms with Gasteiger partial charge in [0.1, 0.15) is 5.82 Å². The summed E-state index contributed by atoms with van der Waals surface area (Å²) in [6.45, 7) is 6.26. The summed E-state index contributed by atoms with van der Waals surface area (Å²) in [5, 5.41) is 7.38. The molecular formula is C20H22ClN5. The van der Waals surface area contributed by atoms with Gasteiger partial charge in [0.05, 0.1) is 5.69 Å². The van der Waals surface area contributed by atoms with Gasteiger partial charge in [-0.1, -0.05) is 24.6 Å². The van der Waals surface area contributed by atoms with Gasteiger partial charge in [-0.15, -0.1) is 0 Å². The predicted molar refractivity (Wildman–Crippen MR) is 108 cm³/mol. The first-order chi connectivity index (χ1) is 12.5. The van der Waals surface area contributed by atoms with Crippen LogP contribution >= 0.6 is 11.6 Å². The Labute approximate surface area is 158 Å². The van der Waals surface area contributed by atoms with E-state index in [1.54, 1.807) is 12.4 Å². The van der Waals surface area contributed by atoms with Crippen molar-refractivity contribution in [1.29, 1.82) is 0 Å². The van der Waals surface area contributed by atoms with Crippen LogP contribution < -0.4 is 10.6 Å². The summed E-state index contributed by atoms with van der Waals surface area (Å²) in [7, 11) is 0. The minimum Gasteiger partial charge on any atom is -0.352 e. The smallest absolute Gasteiger partial charge is 0.225 e. The maximum absolute atomic E-state index is 6.14. The van der Waals surface area contributed by atoms with Crippen molar-refractivity contribution in [2.75, 3.05) is 10.6 Å². The standard InChI is InChI=1S/C20H22ClN5/c1-4-14(3)23-20-25-18(15-6-5-9-22-12-15)11-19(26-20)24-17-10-16(21)8-7-13(17)2/h5-12,14H,4H2,1-3H3,(H2,23,24,25,26)/t14-/m0/s1. The summed E-state index contributed by atoms with van der Waals surface area (Å²) >= 11 is 6.14. The number of hydrogen-bond donors (Lipinski definition) is 2. The van der Waals surface area contributed by atoms with Crippen molar-refractivity contribution in [2.45, 2.75) is 33.2 Å². The molecule has 26 heavy (non-hydrogen) atoms. The molecule has 0 amide bonds. The summed E-state index contributed by atoms with van der Waals surface area (Å²) in [6.07, 6.45) is 4.53. The summed E-state index contributed by atoms with van der Waals surface area (Å²) in [6, 6.07) is 11.8. The van der Waals surface area contributed by atoms with Gasteiger partial charge in [-0.25, -0.2) is 4.98 Å². The van der Waals surface area contributed by atoms with Gasteiger partial charge in [0, 0.05) is 40.8 Å². The van der Waals surface area contributed by atoms with Gasteiger partial charge in [-0.3, -0.25) is 4.98 Å². The molecule has 0 saturated heterocycles. The molecule has 0 unspecified atom stereocenters. The van der Waals surface area contributed by atoms with E-state index >= 15 is 0 Å². The SMILES string of the molecule is CC[C@H](C)Nc1nc(Nc2cc(Cl)ccc2C)cc(-c2cccnc2)n1. The average Bonchev–Trinajstić information content (AvgIpc) is 2.65. The number of nitrogens with one attached hydrogen (secondary N) is 2. The number of benzene rings is 1. The fourth-order valence-electron chi connectivity index (χ4n) is 2.43. The molecule has 2 aromatic heterocycles. The summed E-state index contributed by atoms with van der Waals surface area (Å²) < 4.78 is 0. The largest absolute Gasteiger partial charge is 0.352 e. The third kappa shape index (κ3) is 4.49. The lowest BCUT2D eigenvalue weighted by molar-refractivity contribution is 0.753. The van der Waals surface area contributed by atoms with E-state index in [1.807, 2.05) is 43.3 Å². The number of hydrogen-bond acceptors (Lipinski definition) is 5. The monoisotopic (exact) mass is 367 g/mol. The molecule has 1 aromatic carbocycles. The zero-order chi connectivity index (χ0) is 18.5. The molecule has 0 aliphatic carbocycles. The van der Waals surface area contributed by atoms with E-state index in [-0.39, 0.29) is 6.04 Å². The number of aryl methyl sites for hydroxylation is 1. The Morgan fingerprint density at radius 1 is 1.15 bits per heavy atom. The minimum absolute atomic E-state index is 0.278. The molecule has 5 nitrogen and oxygen atoms in total. The zero-order valence-corrected chi connectivity index (χ0v) is 15.9. The molecule has 0 aliphatic rings. The summed E-state index contributed by atoms with van der Waals surface area (Å²) in [5.41, 5.74) is 3.75. The van der Waals surface area contributed by atoms with Crippen LogP contribution in [0.1, 0.15) is 25.8 Å². The topological polar surface area (TPSA) is 62.7 Å². The van der Waals surface area contributed by atoms with Crippen molar-refractivity contribution in [3.8, 4) is 11.3 Å². The average molecular weight is 368 g/mol. The lowest BCUT2D eigenvalue weighted by Crippen LogP contribution is -2.16. The van der Waals surface area contributed by atoms with Crippen molar-refractivity contribution >= 4 is 29.1 Å². The summed E-state index contributed by atoms with van der Waals surface area (Å²) in [5.74, 6) is 1.29. The van der Waals surface area contributed by atoms with Crippen molar-refractivity contribution in [1.82, 2.24) is 15.0 Å². The van der Waals surface area contributed by atoms with E-state index in [1.165, 1.54) is 0 Å². The van der Waals surface area contributed by atoms with E-state index in [2.05, 4.69) is 39.4 Å². The quantitative estimate of drug-likeness (QED) is 0.606. The molecule has 2 heterocycles. The van der Waals surface area contributed by atoms with Gasteiger partial charge in [0.25, 0.3) is 0 Å². The highest BCUT2D eigenvalue weighted by molar-refractivity contribution is 6.30. The first-order valence-corrected chi connectivity index (χ1v) is 9.02. The number of aromatic nitrogens is 3. The summed E-state index contributed by atoms with van der Waals surface area (Å²) in [4.78, 5) is 13.4. The zero-order valence-electron chi connectivity index (χ0n) is 15.1. The minimum atomic E-state index is 0.278. The lowest BCUT2D eigenvalue weighted by Gasteiger charge is -2.15. The number of pyridine rings is 1. The van der Waals surface area contributed by atoms with Crippen molar-refractivity contribution < 1.29 is 0 Å². The van der Waals surface area contributed by atoms with E-state index < -0.39 is 0 Å². The van der Waals surface area contributed by atoms with Crippen LogP contribution in [0.25, 0.3) is 11.3 Å². The Kier molecular flexibility index (Phi) is 5.68. The first-order valence-electron chi connectivity index (χ1n) is 8.64. The number of halogens is 1. The Balaban J connectivity index is 2.00. The molecule has 0 radical (unpaired) electrons. The van der Waals surface area contributed by atoms with Crippen molar-refractivity contribution in [2.24, 2.45) is 0 Å². The molecule has 0 fully saturated rings.